The highest BCUT2D eigenvalue weighted by atomic mass is 16.6. The van der Waals surface area contributed by atoms with Gasteiger partial charge in [0.25, 0.3) is 0 Å². The highest BCUT2D eigenvalue weighted by molar-refractivity contribution is 5.91. The fraction of sp³-hybridized carbons (Fsp3) is 0.200. The quantitative estimate of drug-likeness (QED) is 0.677. The van der Waals surface area contributed by atoms with Crippen molar-refractivity contribution in [2.24, 2.45) is 0 Å². The van der Waals surface area contributed by atoms with Gasteiger partial charge in [0.05, 0.1) is 6.54 Å². The van der Waals surface area contributed by atoms with Gasteiger partial charge in [-0.25, -0.2) is 4.98 Å². The van der Waals surface area contributed by atoms with Crippen LogP contribution in [0.4, 0.5) is 0 Å². The molecule has 6 heteroatoms. The first kappa shape index (κ1) is 16.2. The van der Waals surface area contributed by atoms with Crippen molar-refractivity contribution >= 4 is 23.1 Å². The zero-order chi connectivity index (χ0) is 17.9. The Hall–Kier alpha value is -3.28. The fourth-order valence-corrected chi connectivity index (χ4v) is 2.78. The summed E-state index contributed by atoms with van der Waals surface area (Å²) < 4.78 is 17.1. The van der Waals surface area contributed by atoms with Gasteiger partial charge in [0.15, 0.2) is 23.2 Å². The SMILES string of the molecule is CN(CC1COc2ccccc2O1)C(=O)C=Cc1nc2ccccc2o1. The molecule has 0 aliphatic carbocycles. The van der Waals surface area contributed by atoms with E-state index in [0.717, 1.165) is 11.3 Å². The van der Waals surface area contributed by atoms with E-state index in [0.29, 0.717) is 30.4 Å². The minimum Gasteiger partial charge on any atom is -0.486 e. The molecule has 2 aromatic carbocycles. The van der Waals surface area contributed by atoms with E-state index in [1.807, 2.05) is 48.5 Å². The second-order valence-corrected chi connectivity index (χ2v) is 6.07. The number of rotatable bonds is 4. The van der Waals surface area contributed by atoms with Gasteiger partial charge in [0, 0.05) is 19.2 Å². The molecule has 1 aromatic heterocycles. The lowest BCUT2D eigenvalue weighted by Gasteiger charge is -2.29. The first-order chi connectivity index (χ1) is 12.7. The minimum atomic E-state index is -0.212. The number of amides is 1. The summed E-state index contributed by atoms with van der Waals surface area (Å²) in [6.07, 6.45) is 2.81. The molecular formula is C20H18N2O4. The van der Waals surface area contributed by atoms with Gasteiger partial charge < -0.3 is 18.8 Å². The van der Waals surface area contributed by atoms with Crippen LogP contribution in [0.1, 0.15) is 5.89 Å². The van der Waals surface area contributed by atoms with E-state index < -0.39 is 0 Å². The molecule has 0 fully saturated rings. The molecule has 1 amide bonds. The van der Waals surface area contributed by atoms with Gasteiger partial charge in [0.1, 0.15) is 12.1 Å². The monoisotopic (exact) mass is 350 g/mol. The maximum atomic E-state index is 12.3. The van der Waals surface area contributed by atoms with Crippen LogP contribution in [0.3, 0.4) is 0 Å². The molecule has 1 aliphatic heterocycles. The van der Waals surface area contributed by atoms with Crippen molar-refractivity contribution in [1.82, 2.24) is 9.88 Å². The molecular weight excluding hydrogens is 332 g/mol. The van der Waals surface area contributed by atoms with Gasteiger partial charge in [-0.3, -0.25) is 4.79 Å². The summed E-state index contributed by atoms with van der Waals surface area (Å²) in [5.41, 5.74) is 1.46. The fourth-order valence-electron chi connectivity index (χ4n) is 2.78. The summed E-state index contributed by atoms with van der Waals surface area (Å²) in [5, 5.41) is 0. The van der Waals surface area contributed by atoms with E-state index in [2.05, 4.69) is 4.98 Å². The molecule has 1 atom stereocenters. The number of para-hydroxylation sites is 4. The molecule has 6 nitrogen and oxygen atoms in total. The Labute approximate surface area is 150 Å². The van der Waals surface area contributed by atoms with Crippen molar-refractivity contribution in [3.05, 3.63) is 60.5 Å². The molecule has 1 aliphatic rings. The summed E-state index contributed by atoms with van der Waals surface area (Å²) in [6, 6.07) is 15.0. The Balaban J connectivity index is 1.37. The molecule has 0 bridgehead atoms. The first-order valence-corrected chi connectivity index (χ1v) is 8.36. The van der Waals surface area contributed by atoms with E-state index in [9.17, 15) is 4.79 Å². The molecule has 0 radical (unpaired) electrons. The van der Waals surface area contributed by atoms with Crippen molar-refractivity contribution in [3.63, 3.8) is 0 Å². The average molecular weight is 350 g/mol. The third-order valence-electron chi connectivity index (χ3n) is 4.10. The zero-order valence-electron chi connectivity index (χ0n) is 14.3. The molecule has 0 spiro atoms. The maximum Gasteiger partial charge on any atom is 0.246 e. The summed E-state index contributed by atoms with van der Waals surface area (Å²) in [5.74, 6) is 1.68. The van der Waals surface area contributed by atoms with Crippen molar-refractivity contribution in [2.75, 3.05) is 20.2 Å². The number of fused-ring (bicyclic) bond motifs is 2. The molecule has 2 heterocycles. The molecule has 4 rings (SSSR count). The second-order valence-electron chi connectivity index (χ2n) is 6.07. The van der Waals surface area contributed by atoms with Crippen LogP contribution in [-0.2, 0) is 4.79 Å². The lowest BCUT2D eigenvalue weighted by Crippen LogP contribution is -2.41. The molecule has 3 aromatic rings. The number of oxazole rings is 1. The average Bonchev–Trinajstić information content (AvgIpc) is 3.09. The van der Waals surface area contributed by atoms with Gasteiger partial charge in [-0.15, -0.1) is 0 Å². The van der Waals surface area contributed by atoms with Crippen LogP contribution >= 0.6 is 0 Å². The second kappa shape index (κ2) is 6.92. The Morgan fingerprint density at radius 2 is 1.96 bits per heavy atom. The summed E-state index contributed by atoms with van der Waals surface area (Å²) in [6.45, 7) is 0.828. The van der Waals surface area contributed by atoms with Crippen molar-refractivity contribution in [3.8, 4) is 11.5 Å². The highest BCUT2D eigenvalue weighted by Crippen LogP contribution is 2.30. The van der Waals surface area contributed by atoms with Gasteiger partial charge in [-0.05, 0) is 24.3 Å². The number of carbonyl (C=O) groups is 1. The predicted molar refractivity (Wildman–Crippen MR) is 97.0 cm³/mol. The first-order valence-electron chi connectivity index (χ1n) is 8.36. The van der Waals surface area contributed by atoms with Crippen LogP contribution in [0.2, 0.25) is 0 Å². The molecule has 1 unspecified atom stereocenters. The van der Waals surface area contributed by atoms with E-state index >= 15 is 0 Å². The van der Waals surface area contributed by atoms with Crippen LogP contribution in [0, 0.1) is 0 Å². The number of ether oxygens (including phenoxy) is 2. The van der Waals surface area contributed by atoms with Gasteiger partial charge >= 0.3 is 0 Å². The third-order valence-corrected chi connectivity index (χ3v) is 4.10. The zero-order valence-corrected chi connectivity index (χ0v) is 14.3. The van der Waals surface area contributed by atoms with Crippen molar-refractivity contribution in [1.29, 1.82) is 0 Å². The van der Waals surface area contributed by atoms with Crippen LogP contribution in [0.5, 0.6) is 11.5 Å². The molecule has 0 saturated heterocycles. The number of hydrogen-bond acceptors (Lipinski definition) is 5. The van der Waals surface area contributed by atoms with Gasteiger partial charge in [-0.1, -0.05) is 24.3 Å². The molecule has 26 heavy (non-hydrogen) atoms. The van der Waals surface area contributed by atoms with E-state index in [4.69, 9.17) is 13.9 Å². The standard InChI is InChI=1S/C20H18N2O4/c1-22(12-14-13-24-17-8-4-5-9-18(17)25-14)20(23)11-10-19-21-15-6-2-3-7-16(15)26-19/h2-11,14H,12-13H2,1H3. The molecule has 132 valence electrons. The van der Waals surface area contributed by atoms with Crippen LogP contribution in [0.25, 0.3) is 17.2 Å². The van der Waals surface area contributed by atoms with Gasteiger partial charge in [0.2, 0.25) is 11.8 Å². The van der Waals surface area contributed by atoms with Crippen molar-refractivity contribution < 1.29 is 18.7 Å². The Kier molecular flexibility index (Phi) is 4.31. The summed E-state index contributed by atoms with van der Waals surface area (Å²) in [4.78, 5) is 18.2. The minimum absolute atomic E-state index is 0.158. The van der Waals surface area contributed by atoms with Gasteiger partial charge in [-0.2, -0.15) is 0 Å². The van der Waals surface area contributed by atoms with Crippen LogP contribution < -0.4 is 9.47 Å². The summed E-state index contributed by atoms with van der Waals surface area (Å²) >= 11 is 0. The largest absolute Gasteiger partial charge is 0.486 e. The van der Waals surface area contributed by atoms with E-state index in [1.165, 1.54) is 6.08 Å². The summed E-state index contributed by atoms with van der Waals surface area (Å²) in [7, 11) is 1.72. The number of aromatic nitrogens is 1. The smallest absolute Gasteiger partial charge is 0.246 e. The van der Waals surface area contributed by atoms with Crippen LogP contribution in [0.15, 0.2) is 59.0 Å². The molecule has 0 saturated carbocycles. The normalized spacial score (nSPS) is 16.1. The third kappa shape index (κ3) is 3.39. The van der Waals surface area contributed by atoms with Crippen LogP contribution in [-0.4, -0.2) is 42.1 Å². The predicted octanol–water partition coefficient (Wildman–Crippen LogP) is 3.14. The molecule has 0 N–H and O–H groups in total. The Morgan fingerprint density at radius 3 is 2.81 bits per heavy atom. The Morgan fingerprint density at radius 1 is 1.19 bits per heavy atom. The maximum absolute atomic E-state index is 12.3. The highest BCUT2D eigenvalue weighted by Gasteiger charge is 2.23. The Bertz CT molecular complexity index is 930. The topological polar surface area (TPSA) is 64.8 Å². The van der Waals surface area contributed by atoms with Crippen molar-refractivity contribution in [2.45, 2.75) is 6.10 Å². The lowest BCUT2D eigenvalue weighted by atomic mass is 10.2. The number of likely N-dealkylation sites (N-methyl/N-ethyl adjacent to an activating group) is 1. The van der Waals surface area contributed by atoms with E-state index in [1.54, 1.807) is 18.0 Å². The number of hydrogen-bond donors (Lipinski definition) is 0. The lowest BCUT2D eigenvalue weighted by molar-refractivity contribution is -0.126. The number of benzene rings is 2. The number of nitrogens with zero attached hydrogens (tertiary/aromatic N) is 2. The number of carbonyl (C=O) groups excluding carboxylic acids is 1. The van der Waals surface area contributed by atoms with E-state index in [-0.39, 0.29) is 12.0 Å².